The second kappa shape index (κ2) is 7.12. The zero-order valence-electron chi connectivity index (χ0n) is 12.1. The van der Waals surface area contributed by atoms with Crippen LogP contribution in [0.2, 0.25) is 0 Å². The third-order valence-corrected chi connectivity index (χ3v) is 4.61. The van der Waals surface area contributed by atoms with Gasteiger partial charge < -0.3 is 10.6 Å². The average Bonchev–Trinajstić information content (AvgIpc) is 2.35. The van der Waals surface area contributed by atoms with Gasteiger partial charge in [0.1, 0.15) is 5.82 Å². The standard InChI is InChI=1S/C13H22FN3O2S/c1-10(7-8-17(2)3)16-20(18,19)13-6-4-5-12(14)11(13)9-15/h4-6,10,16H,7-9,15H2,1-3H3. The first-order valence-electron chi connectivity index (χ1n) is 6.42. The summed E-state index contributed by atoms with van der Waals surface area (Å²) in [5.74, 6) is -0.601. The number of nitrogens with two attached hydrogens (primary N) is 1. The van der Waals surface area contributed by atoms with Gasteiger partial charge in [0.05, 0.1) is 4.90 Å². The highest BCUT2D eigenvalue weighted by Gasteiger charge is 2.22. The van der Waals surface area contributed by atoms with Crippen LogP contribution in [0.4, 0.5) is 4.39 Å². The minimum absolute atomic E-state index is 0.0137. The van der Waals surface area contributed by atoms with Crippen LogP contribution >= 0.6 is 0 Å². The lowest BCUT2D eigenvalue weighted by molar-refractivity contribution is 0.379. The van der Waals surface area contributed by atoms with Gasteiger partial charge in [0.25, 0.3) is 0 Å². The number of nitrogens with one attached hydrogen (secondary N) is 1. The lowest BCUT2D eigenvalue weighted by atomic mass is 10.2. The molecule has 0 aliphatic heterocycles. The van der Waals surface area contributed by atoms with E-state index in [0.717, 1.165) is 6.54 Å². The Morgan fingerprint density at radius 3 is 2.60 bits per heavy atom. The fraction of sp³-hybridized carbons (Fsp3) is 0.538. The van der Waals surface area contributed by atoms with Gasteiger partial charge in [0.15, 0.2) is 0 Å². The molecule has 0 bridgehead atoms. The maximum Gasteiger partial charge on any atom is 0.241 e. The number of halogens is 1. The van der Waals surface area contributed by atoms with Crippen molar-refractivity contribution >= 4 is 10.0 Å². The minimum Gasteiger partial charge on any atom is -0.326 e. The summed E-state index contributed by atoms with van der Waals surface area (Å²) >= 11 is 0. The average molecular weight is 303 g/mol. The maximum absolute atomic E-state index is 13.6. The lowest BCUT2D eigenvalue weighted by Gasteiger charge is -2.18. The topological polar surface area (TPSA) is 75.4 Å². The van der Waals surface area contributed by atoms with Gasteiger partial charge in [-0.15, -0.1) is 0 Å². The van der Waals surface area contributed by atoms with E-state index in [4.69, 9.17) is 5.73 Å². The number of rotatable bonds is 7. The number of sulfonamides is 1. The molecule has 0 aliphatic carbocycles. The Labute approximate surface area is 120 Å². The molecule has 1 rings (SSSR count). The summed E-state index contributed by atoms with van der Waals surface area (Å²) in [6.45, 7) is 2.38. The molecule has 0 radical (unpaired) electrons. The van der Waals surface area contributed by atoms with E-state index in [0.29, 0.717) is 6.42 Å². The molecule has 0 aliphatic rings. The van der Waals surface area contributed by atoms with Crippen molar-refractivity contribution in [2.24, 2.45) is 5.73 Å². The molecule has 20 heavy (non-hydrogen) atoms. The first-order chi connectivity index (χ1) is 9.27. The molecule has 114 valence electrons. The summed E-state index contributed by atoms with van der Waals surface area (Å²) in [4.78, 5) is 1.88. The van der Waals surface area contributed by atoms with Gasteiger partial charge in [-0.2, -0.15) is 0 Å². The van der Waals surface area contributed by atoms with Gasteiger partial charge in [-0.25, -0.2) is 17.5 Å². The van der Waals surface area contributed by atoms with Crippen LogP contribution in [-0.4, -0.2) is 40.0 Å². The van der Waals surface area contributed by atoms with E-state index in [1.54, 1.807) is 6.92 Å². The Morgan fingerprint density at radius 2 is 2.05 bits per heavy atom. The maximum atomic E-state index is 13.6. The molecule has 0 saturated carbocycles. The van der Waals surface area contributed by atoms with Crippen molar-refractivity contribution in [1.82, 2.24) is 9.62 Å². The highest BCUT2D eigenvalue weighted by atomic mass is 32.2. The molecule has 0 fully saturated rings. The van der Waals surface area contributed by atoms with Crippen molar-refractivity contribution in [3.8, 4) is 0 Å². The Bertz CT molecular complexity index is 547. The van der Waals surface area contributed by atoms with Crippen LogP contribution in [0.3, 0.4) is 0 Å². The zero-order valence-corrected chi connectivity index (χ0v) is 12.9. The second-order valence-electron chi connectivity index (χ2n) is 5.03. The zero-order chi connectivity index (χ0) is 15.3. The number of hydrogen-bond donors (Lipinski definition) is 2. The van der Waals surface area contributed by atoms with Crippen molar-refractivity contribution in [2.75, 3.05) is 20.6 Å². The van der Waals surface area contributed by atoms with Crippen molar-refractivity contribution in [2.45, 2.75) is 30.8 Å². The van der Waals surface area contributed by atoms with Crippen molar-refractivity contribution in [3.05, 3.63) is 29.6 Å². The van der Waals surface area contributed by atoms with E-state index in [2.05, 4.69) is 4.72 Å². The summed E-state index contributed by atoms with van der Waals surface area (Å²) < 4.78 is 40.7. The number of benzene rings is 1. The van der Waals surface area contributed by atoms with Crippen molar-refractivity contribution < 1.29 is 12.8 Å². The Morgan fingerprint density at radius 1 is 1.40 bits per heavy atom. The highest BCUT2D eigenvalue weighted by molar-refractivity contribution is 7.89. The highest BCUT2D eigenvalue weighted by Crippen LogP contribution is 2.18. The van der Waals surface area contributed by atoms with Gasteiger partial charge in [0, 0.05) is 18.2 Å². The molecular formula is C13H22FN3O2S. The summed E-state index contributed by atoms with van der Waals surface area (Å²) in [7, 11) is 0.0728. The van der Waals surface area contributed by atoms with Gasteiger partial charge in [0.2, 0.25) is 10.0 Å². The molecule has 0 heterocycles. The summed E-state index contributed by atoms with van der Waals surface area (Å²) in [6, 6.07) is 3.70. The van der Waals surface area contributed by atoms with E-state index in [-0.39, 0.29) is 23.0 Å². The third-order valence-electron chi connectivity index (χ3n) is 2.94. The van der Waals surface area contributed by atoms with Crippen LogP contribution in [0, 0.1) is 5.82 Å². The molecule has 1 atom stereocenters. The largest absolute Gasteiger partial charge is 0.326 e. The number of hydrogen-bond acceptors (Lipinski definition) is 4. The first kappa shape index (κ1) is 17.0. The van der Waals surface area contributed by atoms with Gasteiger partial charge >= 0.3 is 0 Å². The molecule has 7 heteroatoms. The van der Waals surface area contributed by atoms with Crippen LogP contribution in [0.5, 0.6) is 0 Å². The summed E-state index contributed by atoms with van der Waals surface area (Å²) in [5, 5.41) is 0. The molecule has 1 aromatic rings. The molecule has 0 spiro atoms. The molecule has 1 unspecified atom stereocenters. The first-order valence-corrected chi connectivity index (χ1v) is 7.90. The predicted molar refractivity (Wildman–Crippen MR) is 77.2 cm³/mol. The van der Waals surface area contributed by atoms with Crippen LogP contribution < -0.4 is 10.5 Å². The Balaban J connectivity index is 2.92. The Hall–Kier alpha value is -1.02. The minimum atomic E-state index is -3.76. The van der Waals surface area contributed by atoms with Gasteiger partial charge in [-0.05, 0) is 46.1 Å². The van der Waals surface area contributed by atoms with E-state index in [9.17, 15) is 12.8 Å². The smallest absolute Gasteiger partial charge is 0.241 e. The predicted octanol–water partition coefficient (Wildman–Crippen LogP) is 0.903. The van der Waals surface area contributed by atoms with E-state index in [1.165, 1.54) is 18.2 Å². The molecule has 3 N–H and O–H groups in total. The van der Waals surface area contributed by atoms with Gasteiger partial charge in [-0.1, -0.05) is 6.07 Å². The quantitative estimate of drug-likeness (QED) is 0.785. The lowest BCUT2D eigenvalue weighted by Crippen LogP contribution is -2.35. The molecule has 1 aromatic carbocycles. The fourth-order valence-electron chi connectivity index (χ4n) is 1.83. The van der Waals surface area contributed by atoms with Crippen LogP contribution in [0.25, 0.3) is 0 Å². The fourth-order valence-corrected chi connectivity index (χ4v) is 3.37. The van der Waals surface area contributed by atoms with Crippen LogP contribution in [0.1, 0.15) is 18.9 Å². The van der Waals surface area contributed by atoms with E-state index >= 15 is 0 Å². The molecule has 0 aromatic heterocycles. The van der Waals surface area contributed by atoms with E-state index in [1.807, 2.05) is 19.0 Å². The van der Waals surface area contributed by atoms with Crippen molar-refractivity contribution in [1.29, 1.82) is 0 Å². The molecule has 5 nitrogen and oxygen atoms in total. The Kier molecular flexibility index (Phi) is 6.07. The third kappa shape index (κ3) is 4.52. The summed E-state index contributed by atoms with van der Waals surface area (Å²) in [6.07, 6.45) is 0.666. The normalized spacial score (nSPS) is 13.7. The number of nitrogens with zero attached hydrogens (tertiary/aromatic N) is 1. The van der Waals surface area contributed by atoms with Gasteiger partial charge in [-0.3, -0.25) is 0 Å². The molecule has 0 amide bonds. The van der Waals surface area contributed by atoms with Crippen LogP contribution in [0.15, 0.2) is 23.1 Å². The molecular weight excluding hydrogens is 281 g/mol. The molecule has 0 saturated heterocycles. The SMILES string of the molecule is CC(CCN(C)C)NS(=O)(=O)c1cccc(F)c1CN. The summed E-state index contributed by atoms with van der Waals surface area (Å²) in [5.41, 5.74) is 5.45. The van der Waals surface area contributed by atoms with Crippen molar-refractivity contribution in [3.63, 3.8) is 0 Å². The second-order valence-corrected chi connectivity index (χ2v) is 6.72. The van der Waals surface area contributed by atoms with Crippen LogP contribution in [-0.2, 0) is 16.6 Å². The van der Waals surface area contributed by atoms with E-state index < -0.39 is 15.8 Å². The monoisotopic (exact) mass is 303 g/mol.